The number of carbonyl (C=O) groups is 4. The number of phenolic OH excluding ortho intramolecular Hbond substituents is 2. The average molecular weight is 625 g/mol. The first-order chi connectivity index (χ1) is 21.6. The Hall–Kier alpha value is -4.66. The number of nitrogens with two attached hydrogens (primary N) is 4. The summed E-state index contributed by atoms with van der Waals surface area (Å²) >= 11 is 0. The number of fused-ring (bicyclic) bond motifs is 5. The van der Waals surface area contributed by atoms with E-state index in [4.69, 9.17) is 22.9 Å². The third kappa shape index (κ3) is 10.2. The Kier molecular flexibility index (Phi) is 13.1. The number of hydrogen-bond donors (Lipinski definition) is 10. The minimum Gasteiger partial charge on any atom is -0.508 e. The zero-order valence-corrected chi connectivity index (χ0v) is 25.2. The maximum absolute atomic E-state index is 13.8. The molecule has 244 valence electrons. The number of nitrogens with one attached hydrogen (secondary N) is 4. The fourth-order valence-corrected chi connectivity index (χ4v) is 4.94. The topological polar surface area (TPSA) is 261 Å². The third-order valence-electron chi connectivity index (χ3n) is 7.39. The highest BCUT2D eigenvalue weighted by atomic mass is 16.3. The van der Waals surface area contributed by atoms with E-state index >= 15 is 0 Å². The Morgan fingerprint density at radius 3 is 2.31 bits per heavy atom. The molecule has 1 aliphatic heterocycles. The van der Waals surface area contributed by atoms with Gasteiger partial charge in [-0.2, -0.15) is 0 Å². The van der Waals surface area contributed by atoms with Crippen LogP contribution in [0.5, 0.6) is 11.5 Å². The number of phenols is 2. The molecule has 2 aromatic rings. The number of carbonyl (C=O) groups excluding carboxylic acids is 4. The molecular formula is C31H44N8O6. The lowest BCUT2D eigenvalue weighted by Crippen LogP contribution is -2.56. The van der Waals surface area contributed by atoms with Crippen molar-refractivity contribution >= 4 is 29.7 Å². The summed E-state index contributed by atoms with van der Waals surface area (Å²) in [5.41, 5.74) is 24.6. The van der Waals surface area contributed by atoms with E-state index in [-0.39, 0.29) is 67.6 Å². The molecule has 1 unspecified atom stereocenters. The minimum atomic E-state index is -1.21. The number of hydrogen-bond acceptors (Lipinski definition) is 10. The molecule has 0 saturated heterocycles. The van der Waals surface area contributed by atoms with Gasteiger partial charge in [0.2, 0.25) is 17.7 Å². The second-order valence-electron chi connectivity index (χ2n) is 10.9. The monoisotopic (exact) mass is 624 g/mol. The quantitative estimate of drug-likeness (QED) is 0.138. The number of benzene rings is 2. The van der Waals surface area contributed by atoms with Gasteiger partial charge in [-0.05, 0) is 85.8 Å². The van der Waals surface area contributed by atoms with Gasteiger partial charge in [0, 0.05) is 37.5 Å². The van der Waals surface area contributed by atoms with Crippen LogP contribution in [-0.4, -0.2) is 78.1 Å². The maximum Gasteiger partial charge on any atom is 0.267 e. The standard InChI is InChI=1S/C31H44N8O6/c32-9-1-3-22(17-28(42)36-12-11-34)37-31(45)25-16-21-14-19(6-8-27(21)41)18-5-7-26(40)20(13-18)15-23(35)29(43)38-24(4-2-10-33)30(44)39-25/h5-8,13-15,22,24-25,40-41H,1-4,9-12,16-17,32-35H2,(H,36,42)(H,37,45)(H,38,43)(H,39,44)/b23-15+/t22?,24-,25-/m0/s1. The van der Waals surface area contributed by atoms with Crippen LogP contribution in [0.3, 0.4) is 0 Å². The lowest BCUT2D eigenvalue weighted by Gasteiger charge is -2.26. The molecule has 0 spiro atoms. The Bertz CT molecular complexity index is 1400. The summed E-state index contributed by atoms with van der Waals surface area (Å²) in [6.45, 7) is 1.13. The fraction of sp³-hybridized carbons (Fsp3) is 0.419. The highest BCUT2D eigenvalue weighted by Crippen LogP contribution is 2.31. The van der Waals surface area contributed by atoms with Gasteiger partial charge >= 0.3 is 0 Å². The van der Waals surface area contributed by atoms with Crippen molar-refractivity contribution in [1.82, 2.24) is 21.3 Å². The van der Waals surface area contributed by atoms with Gasteiger partial charge in [-0.15, -0.1) is 0 Å². The smallest absolute Gasteiger partial charge is 0.267 e. The molecule has 1 aliphatic rings. The van der Waals surface area contributed by atoms with E-state index in [0.717, 1.165) is 0 Å². The Balaban J connectivity index is 2.05. The van der Waals surface area contributed by atoms with Gasteiger partial charge in [-0.3, -0.25) is 19.2 Å². The lowest BCUT2D eigenvalue weighted by molar-refractivity contribution is -0.132. The minimum absolute atomic E-state index is 0.0306. The van der Waals surface area contributed by atoms with E-state index in [2.05, 4.69) is 21.3 Å². The van der Waals surface area contributed by atoms with Crippen LogP contribution in [0.25, 0.3) is 17.2 Å². The van der Waals surface area contributed by atoms with Crippen LogP contribution in [0.15, 0.2) is 42.1 Å². The van der Waals surface area contributed by atoms with Gasteiger partial charge in [0.05, 0.1) is 5.70 Å². The average Bonchev–Trinajstić information content (AvgIpc) is 3.01. The summed E-state index contributed by atoms with van der Waals surface area (Å²) in [6.07, 6.45) is 2.62. The van der Waals surface area contributed by atoms with Crippen molar-refractivity contribution in [1.29, 1.82) is 0 Å². The molecule has 3 atom stereocenters. The van der Waals surface area contributed by atoms with E-state index in [1.807, 2.05) is 0 Å². The first-order valence-corrected chi connectivity index (χ1v) is 15.0. The molecule has 4 amide bonds. The van der Waals surface area contributed by atoms with Gasteiger partial charge in [-0.25, -0.2) is 0 Å². The van der Waals surface area contributed by atoms with Gasteiger partial charge in [0.25, 0.3) is 5.91 Å². The number of aromatic hydroxyl groups is 2. The molecule has 0 aliphatic carbocycles. The molecule has 4 bridgehead atoms. The normalized spacial score (nSPS) is 18.7. The van der Waals surface area contributed by atoms with E-state index in [1.165, 1.54) is 18.2 Å². The molecule has 3 rings (SSSR count). The highest BCUT2D eigenvalue weighted by molar-refractivity contribution is 6.00. The molecule has 14 heteroatoms. The molecule has 0 aromatic heterocycles. The van der Waals surface area contributed by atoms with Crippen LogP contribution in [0.2, 0.25) is 0 Å². The Morgan fingerprint density at radius 1 is 0.933 bits per heavy atom. The fourth-order valence-electron chi connectivity index (χ4n) is 4.94. The van der Waals surface area contributed by atoms with Crippen molar-refractivity contribution in [2.24, 2.45) is 22.9 Å². The summed E-state index contributed by atoms with van der Waals surface area (Å²) in [5, 5.41) is 32.1. The highest BCUT2D eigenvalue weighted by Gasteiger charge is 2.30. The predicted octanol–water partition coefficient (Wildman–Crippen LogP) is -0.982. The van der Waals surface area contributed by atoms with Crippen LogP contribution in [0.1, 0.15) is 43.2 Å². The van der Waals surface area contributed by atoms with Crippen molar-refractivity contribution in [3.05, 3.63) is 53.2 Å². The zero-order chi connectivity index (χ0) is 32.9. The second-order valence-corrected chi connectivity index (χ2v) is 10.9. The molecule has 2 aromatic carbocycles. The summed E-state index contributed by atoms with van der Waals surface area (Å²) < 4.78 is 0. The molecule has 0 radical (unpaired) electrons. The Labute approximate surface area is 262 Å². The second kappa shape index (κ2) is 17.0. The summed E-state index contributed by atoms with van der Waals surface area (Å²) in [4.78, 5) is 52.9. The molecule has 14 N–H and O–H groups in total. The van der Waals surface area contributed by atoms with E-state index in [1.54, 1.807) is 24.3 Å². The molecule has 0 saturated carbocycles. The van der Waals surface area contributed by atoms with Gasteiger partial charge < -0.3 is 54.4 Å². The van der Waals surface area contributed by atoms with Crippen LogP contribution in [-0.2, 0) is 25.6 Å². The molecule has 14 nitrogen and oxygen atoms in total. The summed E-state index contributed by atoms with van der Waals surface area (Å²) in [6, 6.07) is 6.62. The SMILES string of the molecule is NCCCC(CC(=O)NCCN)NC(=O)[C@@H]1Cc2cc(ccc2O)-c2ccc(O)c(c2)/C=C(/N)C(=O)N[C@@H](CCCN)C(=O)N1. The maximum atomic E-state index is 13.8. The molecule has 45 heavy (non-hydrogen) atoms. The van der Waals surface area contributed by atoms with Crippen molar-refractivity contribution in [3.8, 4) is 22.6 Å². The van der Waals surface area contributed by atoms with Crippen molar-refractivity contribution < 1.29 is 29.4 Å². The van der Waals surface area contributed by atoms with E-state index in [0.29, 0.717) is 42.5 Å². The van der Waals surface area contributed by atoms with E-state index in [9.17, 15) is 29.4 Å². The number of rotatable bonds is 12. The third-order valence-corrected chi connectivity index (χ3v) is 7.39. The summed E-state index contributed by atoms with van der Waals surface area (Å²) in [7, 11) is 0. The van der Waals surface area contributed by atoms with Crippen molar-refractivity contribution in [3.63, 3.8) is 0 Å². The van der Waals surface area contributed by atoms with E-state index < -0.39 is 35.8 Å². The van der Waals surface area contributed by atoms with Gasteiger partial charge in [0.15, 0.2) is 0 Å². The van der Waals surface area contributed by atoms with Crippen molar-refractivity contribution in [2.45, 2.75) is 56.7 Å². The molecule has 1 heterocycles. The zero-order valence-electron chi connectivity index (χ0n) is 25.2. The molecule has 0 fully saturated rings. The van der Waals surface area contributed by atoms with Crippen molar-refractivity contribution in [2.75, 3.05) is 26.2 Å². The van der Waals surface area contributed by atoms with Crippen LogP contribution < -0.4 is 44.2 Å². The largest absolute Gasteiger partial charge is 0.508 e. The first kappa shape index (κ1) is 34.8. The predicted molar refractivity (Wildman–Crippen MR) is 170 cm³/mol. The lowest BCUT2D eigenvalue weighted by atomic mass is 9.96. The Morgan fingerprint density at radius 2 is 1.62 bits per heavy atom. The molecular weight excluding hydrogens is 580 g/mol. The summed E-state index contributed by atoms with van der Waals surface area (Å²) in [5.74, 6) is -2.54. The van der Waals surface area contributed by atoms with Gasteiger partial charge in [-0.1, -0.05) is 12.1 Å². The van der Waals surface area contributed by atoms with Crippen LogP contribution >= 0.6 is 0 Å². The van der Waals surface area contributed by atoms with Crippen LogP contribution in [0, 0.1) is 0 Å². The first-order valence-electron chi connectivity index (χ1n) is 15.0. The van der Waals surface area contributed by atoms with Crippen LogP contribution in [0.4, 0.5) is 0 Å². The number of amides is 4. The van der Waals surface area contributed by atoms with Gasteiger partial charge in [0.1, 0.15) is 23.6 Å².